The van der Waals surface area contributed by atoms with E-state index in [0.717, 1.165) is 48.9 Å². The molecule has 1 aromatic heterocycles. The molecule has 0 spiro atoms. The van der Waals surface area contributed by atoms with Gasteiger partial charge in [0.25, 0.3) is 0 Å². The summed E-state index contributed by atoms with van der Waals surface area (Å²) in [5.41, 5.74) is 2.28. The number of ketones is 1. The van der Waals surface area contributed by atoms with Gasteiger partial charge in [-0.2, -0.15) is 0 Å². The zero-order valence-electron chi connectivity index (χ0n) is 23.4. The summed E-state index contributed by atoms with van der Waals surface area (Å²) in [4.78, 5) is 30.0. The Labute approximate surface area is 213 Å². The van der Waals surface area contributed by atoms with E-state index in [4.69, 9.17) is 4.74 Å². The van der Waals surface area contributed by atoms with E-state index in [1.165, 1.54) is 0 Å². The van der Waals surface area contributed by atoms with Crippen LogP contribution in [0.15, 0.2) is 23.9 Å². The monoisotopic (exact) mass is 487 g/mol. The molecule has 198 valence electrons. The first kappa shape index (κ1) is 31.0. The Balaban J connectivity index is 0.00000298. The molecule has 4 atom stereocenters. The van der Waals surface area contributed by atoms with Crippen LogP contribution in [0.3, 0.4) is 0 Å². The molecule has 1 N–H and O–H groups in total. The van der Waals surface area contributed by atoms with E-state index in [1.54, 1.807) is 0 Å². The number of aromatic nitrogens is 1. The molecule has 0 aromatic carbocycles. The van der Waals surface area contributed by atoms with Crippen LogP contribution in [-0.4, -0.2) is 34.1 Å². The van der Waals surface area contributed by atoms with Crippen LogP contribution >= 0.6 is 0 Å². The van der Waals surface area contributed by atoms with E-state index in [-0.39, 0.29) is 36.6 Å². The van der Waals surface area contributed by atoms with E-state index in [9.17, 15) is 14.7 Å². The van der Waals surface area contributed by atoms with Gasteiger partial charge in [-0.1, -0.05) is 60.5 Å². The first-order valence-corrected chi connectivity index (χ1v) is 13.5. The standard InChI is InChI=1S/C28H43NO4.C2H6/c1-19-8-7-9-21(3)24(30)17-26(31)28(5,6)15-14-27(32)33-25(13-11-19)22(4)16-23-12-10-20(2)18-29-23;1-2/h10,12,16,18-19,21,24-25,30H,7-9,11,13-15,17H2,1-6H3;1-2H3/b22-16+;/t19?,21-,24?,25?;/m0./s1. The SMILES string of the molecule is C/C(=C\c1ccc(C)cn1)C1CCC(C)CCC[C@H](C)C(O)CC(=O)C(C)(C)CCC(=O)O1.CC. The Morgan fingerprint density at radius 1 is 1.11 bits per heavy atom. The molecule has 0 saturated carbocycles. The molecule has 35 heavy (non-hydrogen) atoms. The highest BCUT2D eigenvalue weighted by atomic mass is 16.5. The molecule has 2 heterocycles. The van der Waals surface area contributed by atoms with Crippen molar-refractivity contribution in [3.63, 3.8) is 0 Å². The lowest BCUT2D eigenvalue weighted by Gasteiger charge is -2.27. The number of carbonyl (C=O) groups is 2. The van der Waals surface area contributed by atoms with Gasteiger partial charge in [0, 0.05) is 24.5 Å². The number of carbonyl (C=O) groups excluding carboxylic acids is 2. The Bertz CT molecular complexity index is 812. The van der Waals surface area contributed by atoms with Crippen molar-refractivity contribution in [1.29, 1.82) is 0 Å². The third-order valence-electron chi connectivity index (χ3n) is 7.13. The number of aryl methyl sites for hydroxylation is 1. The first-order valence-electron chi connectivity index (χ1n) is 13.5. The van der Waals surface area contributed by atoms with Crippen LogP contribution in [-0.2, 0) is 14.3 Å². The number of hydrogen-bond donors (Lipinski definition) is 1. The van der Waals surface area contributed by atoms with Gasteiger partial charge in [-0.05, 0) is 74.6 Å². The largest absolute Gasteiger partial charge is 0.458 e. The quantitative estimate of drug-likeness (QED) is 0.450. The maximum absolute atomic E-state index is 12.8. The maximum atomic E-state index is 12.8. The predicted octanol–water partition coefficient (Wildman–Crippen LogP) is 7.09. The van der Waals surface area contributed by atoms with Crippen LogP contribution in [0, 0.1) is 24.2 Å². The van der Waals surface area contributed by atoms with Gasteiger partial charge in [0.1, 0.15) is 11.9 Å². The van der Waals surface area contributed by atoms with Gasteiger partial charge in [0.15, 0.2) is 0 Å². The Morgan fingerprint density at radius 3 is 2.43 bits per heavy atom. The van der Waals surface area contributed by atoms with Crippen molar-refractivity contribution in [2.45, 2.75) is 119 Å². The number of pyridine rings is 1. The highest BCUT2D eigenvalue weighted by Crippen LogP contribution is 2.30. The second-order valence-electron chi connectivity index (χ2n) is 10.8. The number of cyclic esters (lactones) is 1. The molecule has 2 rings (SSSR count). The lowest BCUT2D eigenvalue weighted by Crippen LogP contribution is -2.32. The minimum Gasteiger partial charge on any atom is -0.458 e. The van der Waals surface area contributed by atoms with Crippen LogP contribution in [0.25, 0.3) is 6.08 Å². The highest BCUT2D eigenvalue weighted by molar-refractivity contribution is 5.85. The van der Waals surface area contributed by atoms with Gasteiger partial charge >= 0.3 is 5.97 Å². The number of rotatable bonds is 2. The highest BCUT2D eigenvalue weighted by Gasteiger charge is 2.31. The smallest absolute Gasteiger partial charge is 0.306 e. The Hall–Kier alpha value is -2.01. The van der Waals surface area contributed by atoms with Crippen molar-refractivity contribution in [1.82, 2.24) is 4.98 Å². The van der Waals surface area contributed by atoms with Crippen molar-refractivity contribution in [3.8, 4) is 0 Å². The average Bonchev–Trinajstić information content (AvgIpc) is 2.82. The molecule has 1 aliphatic rings. The number of esters is 1. The maximum Gasteiger partial charge on any atom is 0.306 e. The summed E-state index contributed by atoms with van der Waals surface area (Å²) in [5, 5.41) is 10.5. The van der Waals surface area contributed by atoms with Crippen LogP contribution in [0.2, 0.25) is 0 Å². The summed E-state index contributed by atoms with van der Waals surface area (Å²) < 4.78 is 5.93. The van der Waals surface area contributed by atoms with Crippen molar-refractivity contribution < 1.29 is 19.4 Å². The molecule has 0 radical (unpaired) electrons. The zero-order valence-corrected chi connectivity index (χ0v) is 23.4. The lowest BCUT2D eigenvalue weighted by atomic mass is 9.79. The number of nitrogens with zero attached hydrogens (tertiary/aromatic N) is 1. The fourth-order valence-corrected chi connectivity index (χ4v) is 4.27. The first-order chi connectivity index (χ1) is 16.5. The van der Waals surface area contributed by atoms with Crippen molar-refractivity contribution in [2.24, 2.45) is 17.3 Å². The normalized spacial score (nSPS) is 27.4. The number of aliphatic hydroxyl groups excluding tert-OH is 1. The zero-order chi connectivity index (χ0) is 26.6. The minimum absolute atomic E-state index is 0.00758. The number of aliphatic hydroxyl groups is 1. The van der Waals surface area contributed by atoms with E-state index < -0.39 is 11.5 Å². The van der Waals surface area contributed by atoms with Gasteiger partial charge in [0.05, 0.1) is 11.8 Å². The average molecular weight is 488 g/mol. The molecule has 5 nitrogen and oxygen atoms in total. The van der Waals surface area contributed by atoms with E-state index in [2.05, 4.69) is 11.9 Å². The van der Waals surface area contributed by atoms with Gasteiger partial charge < -0.3 is 9.84 Å². The summed E-state index contributed by atoms with van der Waals surface area (Å²) >= 11 is 0. The van der Waals surface area contributed by atoms with E-state index in [1.807, 2.05) is 72.9 Å². The molecule has 1 aliphatic heterocycles. The second-order valence-corrected chi connectivity index (χ2v) is 10.8. The molecular formula is C30H49NO4. The second kappa shape index (κ2) is 15.2. The summed E-state index contributed by atoms with van der Waals surface area (Å²) in [6.45, 7) is 16.0. The van der Waals surface area contributed by atoms with Crippen molar-refractivity contribution >= 4 is 17.8 Å². The molecule has 0 bridgehead atoms. The van der Waals surface area contributed by atoms with Gasteiger partial charge in [-0.25, -0.2) is 0 Å². The van der Waals surface area contributed by atoms with Gasteiger partial charge in [0.2, 0.25) is 0 Å². The number of ether oxygens (including phenoxy) is 1. The molecular weight excluding hydrogens is 438 g/mol. The summed E-state index contributed by atoms with van der Waals surface area (Å²) in [6, 6.07) is 4.00. The summed E-state index contributed by atoms with van der Waals surface area (Å²) in [6.07, 6.45) is 8.37. The van der Waals surface area contributed by atoms with Crippen LogP contribution in [0.4, 0.5) is 0 Å². The molecule has 1 aromatic rings. The van der Waals surface area contributed by atoms with Crippen LogP contribution < -0.4 is 0 Å². The molecule has 1 fully saturated rings. The minimum atomic E-state index is -0.669. The third kappa shape index (κ3) is 11.1. The summed E-state index contributed by atoms with van der Waals surface area (Å²) in [7, 11) is 0. The third-order valence-corrected chi connectivity index (χ3v) is 7.13. The van der Waals surface area contributed by atoms with E-state index >= 15 is 0 Å². The van der Waals surface area contributed by atoms with Gasteiger partial charge in [-0.3, -0.25) is 14.6 Å². The number of hydrogen-bond acceptors (Lipinski definition) is 5. The Kier molecular flexibility index (Phi) is 13.5. The predicted molar refractivity (Wildman–Crippen MR) is 144 cm³/mol. The molecule has 3 unspecified atom stereocenters. The fourth-order valence-electron chi connectivity index (χ4n) is 4.27. The van der Waals surface area contributed by atoms with Crippen molar-refractivity contribution in [2.75, 3.05) is 0 Å². The van der Waals surface area contributed by atoms with Crippen LogP contribution in [0.5, 0.6) is 0 Å². The number of Topliss-reactive ketones (excluding diaryl/α,β-unsaturated/α-hetero) is 1. The fraction of sp³-hybridized carbons (Fsp3) is 0.700. The lowest BCUT2D eigenvalue weighted by molar-refractivity contribution is -0.148. The molecule has 5 heteroatoms. The molecule has 0 aliphatic carbocycles. The Morgan fingerprint density at radius 2 is 1.80 bits per heavy atom. The van der Waals surface area contributed by atoms with Crippen LogP contribution in [0.1, 0.15) is 111 Å². The van der Waals surface area contributed by atoms with E-state index in [0.29, 0.717) is 12.3 Å². The molecule has 0 amide bonds. The summed E-state index contributed by atoms with van der Waals surface area (Å²) in [5.74, 6) is 0.316. The molecule has 1 saturated heterocycles. The van der Waals surface area contributed by atoms with Crippen molar-refractivity contribution in [3.05, 3.63) is 35.2 Å². The topological polar surface area (TPSA) is 76.5 Å². The van der Waals surface area contributed by atoms with Gasteiger partial charge in [-0.15, -0.1) is 0 Å².